The molecule has 8 heterocycles. The van der Waals surface area contributed by atoms with Gasteiger partial charge >= 0.3 is 5.97 Å². The predicted molar refractivity (Wildman–Crippen MR) is 241 cm³/mol. The molecule has 0 saturated carbocycles. The number of hydrogen-bond donors (Lipinski definition) is 4. The number of Topliss-reactive ketones (excluding diaryl/α,β-unsaturated/α-hetero) is 3. The summed E-state index contributed by atoms with van der Waals surface area (Å²) in [6.45, 7) is 4.18. The zero-order chi connectivity index (χ0) is 47.0. The Bertz CT molecular complexity index is 3080. The Labute approximate surface area is 389 Å². The summed E-state index contributed by atoms with van der Waals surface area (Å²) >= 11 is 0. The van der Waals surface area contributed by atoms with Gasteiger partial charge in [-0.2, -0.15) is 0 Å². The molecule has 20 nitrogen and oxygen atoms in total. The van der Waals surface area contributed by atoms with Gasteiger partial charge in [-0.15, -0.1) is 22.6 Å². The molecule has 4 N–H and O–H groups in total. The fraction of sp³-hybridized carbons (Fsp3) is 0.200. The highest BCUT2D eigenvalue weighted by Gasteiger charge is 2.34. The van der Waals surface area contributed by atoms with Crippen LogP contribution in [-0.4, -0.2) is 139 Å². The molecule has 2 fully saturated rings. The van der Waals surface area contributed by atoms with Gasteiger partial charge in [0, 0.05) is 68.7 Å². The van der Waals surface area contributed by atoms with Crippen LogP contribution in [0.15, 0.2) is 110 Å². The highest BCUT2D eigenvalue weighted by molar-refractivity contribution is 6.46. The predicted octanol–water partition coefficient (Wildman–Crippen LogP) is 4.29. The van der Waals surface area contributed by atoms with E-state index in [2.05, 4.69) is 45.9 Å². The highest BCUT2D eigenvalue weighted by Crippen LogP contribution is 2.29. The number of amides is 2. The Morgan fingerprint density at radius 3 is 1.49 bits per heavy atom. The minimum atomic E-state index is -1.66. The average Bonchev–Trinajstić information content (AvgIpc) is 4.24. The van der Waals surface area contributed by atoms with Gasteiger partial charge in [0.2, 0.25) is 11.6 Å². The quantitative estimate of drug-likeness (QED) is 0.116. The Kier molecular flexibility index (Phi) is 14.9. The molecule has 0 unspecified atom stereocenters. The van der Waals surface area contributed by atoms with E-state index in [1.165, 1.54) is 40.3 Å². The molecule has 68 heavy (non-hydrogen) atoms. The first kappa shape index (κ1) is 47.6. The van der Waals surface area contributed by atoms with Crippen LogP contribution in [0.5, 0.6) is 0 Å². The van der Waals surface area contributed by atoms with Crippen LogP contribution in [0, 0.1) is 17.6 Å². The Morgan fingerprint density at radius 2 is 1.06 bits per heavy atom. The lowest BCUT2D eigenvalue weighted by Crippen LogP contribution is -2.46. The Balaban J connectivity index is 0.000000166. The average molecular weight is 948 g/mol. The van der Waals surface area contributed by atoms with Gasteiger partial charge in [-0.1, -0.05) is 46.8 Å². The molecule has 0 atom stereocenters. The van der Waals surface area contributed by atoms with Crippen molar-refractivity contribution >= 4 is 69.3 Å². The first-order valence-electron chi connectivity index (χ1n) is 20.8. The van der Waals surface area contributed by atoms with Crippen molar-refractivity contribution in [3.63, 3.8) is 0 Å². The van der Waals surface area contributed by atoms with Crippen LogP contribution >= 0.6 is 12.4 Å². The maximum Gasteiger partial charge on any atom is 0.377 e. The number of benzene rings is 2. The molecule has 2 aliphatic heterocycles. The molecule has 10 rings (SSSR count). The third kappa shape index (κ3) is 10.0. The first-order chi connectivity index (χ1) is 32.5. The number of piperazine rings is 1. The summed E-state index contributed by atoms with van der Waals surface area (Å²) in [6, 6.07) is 18.4. The number of hydrogen-bond acceptors (Lipinski definition) is 13. The van der Waals surface area contributed by atoms with Gasteiger partial charge in [-0.25, -0.2) is 32.9 Å². The largest absolute Gasteiger partial charge is 0.475 e. The molecule has 0 spiro atoms. The van der Waals surface area contributed by atoms with Crippen LogP contribution in [0.1, 0.15) is 54.3 Å². The molecular formula is C45H40ClF2N13O7. The van der Waals surface area contributed by atoms with Crippen molar-refractivity contribution in [1.29, 1.82) is 0 Å². The van der Waals surface area contributed by atoms with E-state index in [-0.39, 0.29) is 68.8 Å². The van der Waals surface area contributed by atoms with E-state index in [1.807, 2.05) is 41.3 Å². The first-order valence-corrected chi connectivity index (χ1v) is 20.8. The molecule has 6 aromatic heterocycles. The summed E-state index contributed by atoms with van der Waals surface area (Å²) in [5.74, 6) is -5.72. The molecule has 2 saturated heterocycles. The number of halogens is 3. The number of nitrogens with zero attached hydrogens (tertiary/aromatic N) is 10. The lowest BCUT2D eigenvalue weighted by molar-refractivity contribution is -0.131. The SMILES string of the molecule is Cl.O=C(C(=O)C1CCN(C(=O)c2ccccc2)CC1)c1c[nH]c2c(-n3ccnn3)ncc(F)c12.O=C(O)C(=O)c1c[nH]c2c(-n3ccnn3)ncc(F)c12.O=C(c1ccccc1)N1CCNCC1. The van der Waals surface area contributed by atoms with Gasteiger partial charge in [0.05, 0.1) is 70.1 Å². The standard InChI is InChI=1S/C23H19FN6O3.C11H6FN5O3.C11H14N2O.ClH/c24-17-13-26-22(30-11-8-27-28-30)19-18(17)16(12-25-19)21(32)20(31)14-6-9-29(10-7-14)23(33)15-4-2-1-3-5-15;12-6-4-14-10(17-2-1-15-16-17)8-7(6)5(3-13-8)9(18)11(19)20;14-11(10-4-2-1-3-5-10)13-8-6-12-7-9-13;/h1-5,8,11-14,25H,6-7,9-10H2;1-4,13H,(H,19,20);1-5,12H,6-9H2;1H. The third-order valence-corrected chi connectivity index (χ3v) is 11.1. The maximum absolute atomic E-state index is 14.6. The summed E-state index contributed by atoms with van der Waals surface area (Å²) < 4.78 is 31.1. The zero-order valence-corrected chi connectivity index (χ0v) is 36.5. The number of nitrogens with one attached hydrogen (secondary N) is 3. The molecule has 2 aliphatic rings. The topological polar surface area (TPSA) is 260 Å². The number of carboxylic acid groups (broad SMARTS) is 1. The van der Waals surface area contributed by atoms with Gasteiger partial charge in [0.25, 0.3) is 17.6 Å². The minimum absolute atomic E-state index is 0. The van der Waals surface area contributed by atoms with Gasteiger partial charge < -0.3 is 30.2 Å². The molecule has 2 amide bonds. The second kappa shape index (κ2) is 21.3. The Morgan fingerprint density at radius 1 is 0.618 bits per heavy atom. The fourth-order valence-corrected chi connectivity index (χ4v) is 7.71. The van der Waals surface area contributed by atoms with Crippen LogP contribution in [0.2, 0.25) is 0 Å². The molecule has 348 valence electrons. The second-order valence-electron chi connectivity index (χ2n) is 15.1. The van der Waals surface area contributed by atoms with Crippen molar-refractivity contribution in [2.24, 2.45) is 5.92 Å². The van der Waals surface area contributed by atoms with Crippen molar-refractivity contribution in [2.45, 2.75) is 12.8 Å². The number of carbonyl (C=O) groups excluding carboxylic acids is 5. The zero-order valence-electron chi connectivity index (χ0n) is 35.7. The molecule has 0 aliphatic carbocycles. The number of aliphatic carboxylic acids is 1. The van der Waals surface area contributed by atoms with Gasteiger partial charge in [0.1, 0.15) is 0 Å². The van der Waals surface area contributed by atoms with E-state index >= 15 is 0 Å². The molecule has 2 aromatic carbocycles. The number of aromatic amines is 2. The van der Waals surface area contributed by atoms with Crippen LogP contribution in [-0.2, 0) is 9.59 Å². The molecular weight excluding hydrogens is 908 g/mol. The summed E-state index contributed by atoms with van der Waals surface area (Å²) in [6.07, 6.45) is 11.0. The van der Waals surface area contributed by atoms with Crippen molar-refractivity contribution in [2.75, 3.05) is 39.3 Å². The van der Waals surface area contributed by atoms with E-state index in [9.17, 15) is 37.5 Å². The molecule has 8 aromatic rings. The number of carbonyl (C=O) groups is 6. The number of piperidine rings is 1. The number of ketones is 3. The number of aromatic nitrogens is 10. The van der Waals surface area contributed by atoms with Crippen molar-refractivity contribution < 1.29 is 42.7 Å². The lowest BCUT2D eigenvalue weighted by Gasteiger charge is -2.31. The summed E-state index contributed by atoms with van der Waals surface area (Å²) in [7, 11) is 0. The number of pyridine rings is 2. The van der Waals surface area contributed by atoms with E-state index in [0.29, 0.717) is 31.5 Å². The van der Waals surface area contributed by atoms with Gasteiger partial charge in [-0.05, 0) is 37.1 Å². The van der Waals surface area contributed by atoms with Crippen LogP contribution in [0.4, 0.5) is 8.78 Å². The molecule has 0 radical (unpaired) electrons. The fourth-order valence-electron chi connectivity index (χ4n) is 7.71. The molecule has 0 bridgehead atoms. The third-order valence-electron chi connectivity index (χ3n) is 11.1. The van der Waals surface area contributed by atoms with E-state index in [4.69, 9.17) is 5.11 Å². The monoisotopic (exact) mass is 947 g/mol. The van der Waals surface area contributed by atoms with E-state index in [0.717, 1.165) is 50.3 Å². The smallest absolute Gasteiger partial charge is 0.377 e. The summed E-state index contributed by atoms with van der Waals surface area (Å²) in [4.78, 5) is 89.8. The van der Waals surface area contributed by atoms with Gasteiger partial charge in [-0.3, -0.25) is 24.0 Å². The lowest BCUT2D eigenvalue weighted by atomic mass is 9.88. The normalized spacial score (nSPS) is 13.7. The maximum atomic E-state index is 14.6. The summed E-state index contributed by atoms with van der Waals surface area (Å²) in [5, 5.41) is 26.7. The number of rotatable bonds is 9. The van der Waals surface area contributed by atoms with Crippen LogP contribution in [0.25, 0.3) is 33.4 Å². The van der Waals surface area contributed by atoms with Gasteiger partial charge in [0.15, 0.2) is 23.3 Å². The van der Waals surface area contributed by atoms with E-state index < -0.39 is 40.9 Å². The highest BCUT2D eigenvalue weighted by atomic mass is 35.5. The van der Waals surface area contributed by atoms with Crippen molar-refractivity contribution in [3.05, 3.63) is 144 Å². The molecule has 23 heteroatoms. The number of likely N-dealkylation sites (tertiary alicyclic amines) is 1. The number of H-pyrrole nitrogens is 2. The Hall–Kier alpha value is -8.37. The second-order valence-corrected chi connectivity index (χ2v) is 15.1. The van der Waals surface area contributed by atoms with Crippen LogP contribution < -0.4 is 5.32 Å². The van der Waals surface area contributed by atoms with Crippen molar-refractivity contribution in [3.8, 4) is 11.6 Å². The minimum Gasteiger partial charge on any atom is -0.475 e. The summed E-state index contributed by atoms with van der Waals surface area (Å²) in [5.41, 5.74) is 1.48. The van der Waals surface area contributed by atoms with E-state index in [1.54, 1.807) is 29.2 Å². The number of fused-ring (bicyclic) bond motifs is 2. The van der Waals surface area contributed by atoms with Crippen molar-refractivity contribution in [1.82, 2.24) is 65.0 Å². The number of carboxylic acids is 1. The van der Waals surface area contributed by atoms with Crippen LogP contribution in [0.3, 0.4) is 0 Å².